The average molecular weight is 429 g/mol. The molecule has 2 aliphatic rings. The van der Waals surface area contributed by atoms with Crippen LogP contribution in [0.25, 0.3) is 0 Å². The highest BCUT2D eigenvalue weighted by Gasteiger charge is 2.33. The van der Waals surface area contributed by atoms with Crippen LogP contribution in [0.5, 0.6) is 0 Å². The molecule has 0 atom stereocenters. The van der Waals surface area contributed by atoms with Crippen molar-refractivity contribution >= 4 is 0 Å². The maximum atomic E-state index is 14.2. The van der Waals surface area contributed by atoms with E-state index in [1.807, 2.05) is 0 Å². The predicted octanol–water partition coefficient (Wildman–Crippen LogP) is 8.51. The minimum absolute atomic E-state index is 0.0403. The summed E-state index contributed by atoms with van der Waals surface area (Å²) >= 11 is 0. The number of hydrogen-bond acceptors (Lipinski definition) is 0. The number of rotatable bonds is 6. The van der Waals surface area contributed by atoms with Gasteiger partial charge in [-0.25, -0.2) is 8.78 Å². The standard InChI is InChI=1S/C25H33F5/c1-2-3-4-5-17-6-8-18(9-7-17)19-10-12-20(13-11-19)21-14-23(26)22(24(27)15-21)16-25(28,29)30/h4-5,14-15,17-20H,2-3,6-13,16H2,1H3/b5-4+. The van der Waals surface area contributed by atoms with E-state index < -0.39 is 29.8 Å². The van der Waals surface area contributed by atoms with Crippen molar-refractivity contribution in [2.75, 3.05) is 0 Å². The van der Waals surface area contributed by atoms with Crippen molar-refractivity contribution in [1.82, 2.24) is 0 Å². The molecule has 0 N–H and O–H groups in total. The largest absolute Gasteiger partial charge is 0.393 e. The fraction of sp³-hybridized carbons (Fsp3) is 0.680. The molecule has 2 aliphatic carbocycles. The van der Waals surface area contributed by atoms with Gasteiger partial charge < -0.3 is 0 Å². The van der Waals surface area contributed by atoms with Crippen molar-refractivity contribution in [2.24, 2.45) is 17.8 Å². The van der Waals surface area contributed by atoms with Crippen LogP contribution >= 0.6 is 0 Å². The molecule has 0 nitrogen and oxygen atoms in total. The molecule has 0 amide bonds. The Morgan fingerprint density at radius 1 is 0.867 bits per heavy atom. The van der Waals surface area contributed by atoms with Gasteiger partial charge in [-0.05, 0) is 99.2 Å². The number of alkyl halides is 3. The highest BCUT2D eigenvalue weighted by molar-refractivity contribution is 5.29. The van der Waals surface area contributed by atoms with Crippen molar-refractivity contribution in [2.45, 2.75) is 89.6 Å². The molecule has 0 radical (unpaired) electrons. The molecule has 0 aromatic heterocycles. The van der Waals surface area contributed by atoms with E-state index in [0.29, 0.717) is 17.4 Å². The van der Waals surface area contributed by atoms with Crippen LogP contribution in [0.15, 0.2) is 24.3 Å². The molecule has 0 bridgehead atoms. The summed E-state index contributed by atoms with van der Waals surface area (Å²) in [7, 11) is 0. The van der Waals surface area contributed by atoms with Gasteiger partial charge in [0.05, 0.1) is 6.42 Å². The van der Waals surface area contributed by atoms with Crippen molar-refractivity contribution < 1.29 is 22.0 Å². The topological polar surface area (TPSA) is 0 Å². The third-order valence-corrected chi connectivity index (χ3v) is 7.13. The maximum Gasteiger partial charge on any atom is 0.393 e. The fourth-order valence-corrected chi connectivity index (χ4v) is 5.42. The van der Waals surface area contributed by atoms with E-state index in [0.717, 1.165) is 50.2 Å². The molecule has 1 aromatic carbocycles. The van der Waals surface area contributed by atoms with Gasteiger partial charge in [-0.1, -0.05) is 25.5 Å². The zero-order valence-corrected chi connectivity index (χ0v) is 17.8. The van der Waals surface area contributed by atoms with Crippen molar-refractivity contribution in [3.63, 3.8) is 0 Å². The molecule has 0 aliphatic heterocycles. The zero-order valence-electron chi connectivity index (χ0n) is 17.8. The maximum absolute atomic E-state index is 14.2. The second-order valence-corrected chi connectivity index (χ2v) is 9.26. The summed E-state index contributed by atoms with van der Waals surface area (Å²) < 4.78 is 66.0. The molecule has 0 spiro atoms. The molecule has 0 unspecified atom stereocenters. The van der Waals surface area contributed by atoms with E-state index in [4.69, 9.17) is 0 Å². The summed E-state index contributed by atoms with van der Waals surface area (Å²) in [6.07, 6.45) is 9.68. The summed E-state index contributed by atoms with van der Waals surface area (Å²) in [5.41, 5.74) is -0.358. The second-order valence-electron chi connectivity index (χ2n) is 9.26. The minimum Gasteiger partial charge on any atom is -0.207 e. The Morgan fingerprint density at radius 2 is 1.40 bits per heavy atom. The van der Waals surface area contributed by atoms with Gasteiger partial charge in [0.15, 0.2) is 0 Å². The Balaban J connectivity index is 1.52. The summed E-state index contributed by atoms with van der Waals surface area (Å²) in [5, 5.41) is 0. The van der Waals surface area contributed by atoms with E-state index >= 15 is 0 Å². The van der Waals surface area contributed by atoms with Crippen molar-refractivity contribution in [3.05, 3.63) is 47.0 Å². The Hall–Kier alpha value is -1.39. The first-order chi connectivity index (χ1) is 14.3. The lowest BCUT2D eigenvalue weighted by atomic mass is 9.68. The van der Waals surface area contributed by atoms with Gasteiger partial charge in [0, 0.05) is 5.56 Å². The number of allylic oxidation sites excluding steroid dienone is 2. The van der Waals surface area contributed by atoms with Crippen LogP contribution in [0.4, 0.5) is 22.0 Å². The molecular formula is C25H33F5. The van der Waals surface area contributed by atoms with Gasteiger partial charge in [0.25, 0.3) is 0 Å². The number of halogens is 5. The van der Waals surface area contributed by atoms with Crippen LogP contribution in [0.2, 0.25) is 0 Å². The lowest BCUT2D eigenvalue weighted by molar-refractivity contribution is -0.128. The van der Waals surface area contributed by atoms with Crippen LogP contribution in [-0.4, -0.2) is 6.18 Å². The van der Waals surface area contributed by atoms with E-state index in [2.05, 4.69) is 19.1 Å². The van der Waals surface area contributed by atoms with Gasteiger partial charge >= 0.3 is 6.18 Å². The number of unbranched alkanes of at least 4 members (excludes halogenated alkanes) is 1. The van der Waals surface area contributed by atoms with Crippen molar-refractivity contribution in [1.29, 1.82) is 0 Å². The summed E-state index contributed by atoms with van der Waals surface area (Å²) in [5.74, 6) is 0.0204. The van der Waals surface area contributed by atoms with E-state index in [-0.39, 0.29) is 5.92 Å². The molecule has 168 valence electrons. The Labute approximate surface area is 176 Å². The van der Waals surface area contributed by atoms with Crippen molar-refractivity contribution in [3.8, 4) is 0 Å². The summed E-state index contributed by atoms with van der Waals surface area (Å²) in [4.78, 5) is 0. The highest BCUT2D eigenvalue weighted by Crippen LogP contribution is 2.44. The first-order valence-electron chi connectivity index (χ1n) is 11.5. The smallest absolute Gasteiger partial charge is 0.207 e. The first kappa shape index (κ1) is 23.3. The Bertz CT molecular complexity index is 682. The zero-order chi connectivity index (χ0) is 21.7. The van der Waals surface area contributed by atoms with E-state index in [9.17, 15) is 22.0 Å². The van der Waals surface area contributed by atoms with Crippen LogP contribution in [0.3, 0.4) is 0 Å². The molecule has 1 aromatic rings. The van der Waals surface area contributed by atoms with E-state index in [1.54, 1.807) is 0 Å². The third-order valence-electron chi connectivity index (χ3n) is 7.13. The molecular weight excluding hydrogens is 395 g/mol. The van der Waals surface area contributed by atoms with Crippen LogP contribution in [0.1, 0.15) is 88.2 Å². The molecule has 30 heavy (non-hydrogen) atoms. The summed E-state index contributed by atoms with van der Waals surface area (Å²) in [6.45, 7) is 2.19. The molecule has 2 saturated carbocycles. The minimum atomic E-state index is -4.62. The highest BCUT2D eigenvalue weighted by atomic mass is 19.4. The fourth-order valence-electron chi connectivity index (χ4n) is 5.42. The monoisotopic (exact) mass is 428 g/mol. The van der Waals surface area contributed by atoms with Gasteiger partial charge in [-0.15, -0.1) is 0 Å². The number of benzene rings is 1. The van der Waals surface area contributed by atoms with Gasteiger partial charge in [-0.2, -0.15) is 13.2 Å². The van der Waals surface area contributed by atoms with Crippen LogP contribution in [-0.2, 0) is 6.42 Å². The predicted molar refractivity (Wildman–Crippen MR) is 110 cm³/mol. The number of hydrogen-bond donors (Lipinski definition) is 0. The normalized spacial score (nSPS) is 28.2. The van der Waals surface area contributed by atoms with Crippen LogP contribution < -0.4 is 0 Å². The lowest BCUT2D eigenvalue weighted by Gasteiger charge is -2.37. The second kappa shape index (κ2) is 10.3. The molecule has 5 heteroatoms. The molecule has 3 rings (SSSR count). The SMILES string of the molecule is CCC/C=C/C1CCC(C2CCC(c3cc(F)c(CC(F)(F)F)c(F)c3)CC2)CC1. The summed E-state index contributed by atoms with van der Waals surface area (Å²) in [6, 6.07) is 2.26. The van der Waals surface area contributed by atoms with Gasteiger partial charge in [-0.3, -0.25) is 0 Å². The quantitative estimate of drug-likeness (QED) is 0.315. The Kier molecular flexibility index (Phi) is 7.98. The first-order valence-corrected chi connectivity index (χ1v) is 11.5. The van der Waals surface area contributed by atoms with Gasteiger partial charge in [0.2, 0.25) is 0 Å². The molecule has 2 fully saturated rings. The van der Waals surface area contributed by atoms with Crippen LogP contribution in [0, 0.1) is 29.4 Å². The lowest BCUT2D eigenvalue weighted by Crippen LogP contribution is -2.25. The average Bonchev–Trinajstić information content (AvgIpc) is 2.71. The Morgan fingerprint density at radius 3 is 1.90 bits per heavy atom. The van der Waals surface area contributed by atoms with Gasteiger partial charge in [0.1, 0.15) is 11.6 Å². The molecule has 0 saturated heterocycles. The molecule has 0 heterocycles. The third kappa shape index (κ3) is 6.31. The van der Waals surface area contributed by atoms with E-state index in [1.165, 1.54) is 32.1 Å².